The fourth-order valence-electron chi connectivity index (χ4n) is 3.11. The van der Waals surface area contributed by atoms with Gasteiger partial charge in [0.15, 0.2) is 0 Å². The third-order valence-electron chi connectivity index (χ3n) is 4.53. The van der Waals surface area contributed by atoms with Gasteiger partial charge < -0.3 is 16.0 Å². The summed E-state index contributed by atoms with van der Waals surface area (Å²) in [6.07, 6.45) is 2.82. The molecule has 0 saturated carbocycles. The zero-order chi connectivity index (χ0) is 16.8. The van der Waals surface area contributed by atoms with Gasteiger partial charge in [-0.25, -0.2) is 0 Å². The lowest BCUT2D eigenvalue weighted by atomic mass is 9.84. The molecule has 23 heavy (non-hydrogen) atoms. The third kappa shape index (κ3) is 5.36. The van der Waals surface area contributed by atoms with Crippen LogP contribution in [0.25, 0.3) is 0 Å². The first-order valence-corrected chi connectivity index (χ1v) is 8.34. The van der Waals surface area contributed by atoms with Gasteiger partial charge in [0.2, 0.25) is 11.8 Å². The minimum atomic E-state index is -0.115. The number of hydrogen-bond acceptors (Lipinski definition) is 3. The van der Waals surface area contributed by atoms with Gasteiger partial charge >= 0.3 is 0 Å². The number of carbonyl (C=O) groups is 2. The Labute approximate surface area is 138 Å². The van der Waals surface area contributed by atoms with Crippen molar-refractivity contribution in [2.75, 3.05) is 23.7 Å². The van der Waals surface area contributed by atoms with E-state index in [0.717, 1.165) is 42.9 Å². The summed E-state index contributed by atoms with van der Waals surface area (Å²) in [5.41, 5.74) is 2.44. The highest BCUT2D eigenvalue weighted by Gasteiger charge is 2.22. The van der Waals surface area contributed by atoms with Crippen molar-refractivity contribution in [2.24, 2.45) is 11.8 Å². The van der Waals surface area contributed by atoms with Gasteiger partial charge in [0.25, 0.3) is 0 Å². The SMILES string of the molecule is CC(=O)Nc1cc(NC(=O)CC(C)C2CCNCC2)ccc1C. The third-order valence-corrected chi connectivity index (χ3v) is 4.53. The number of hydrogen-bond donors (Lipinski definition) is 3. The largest absolute Gasteiger partial charge is 0.326 e. The Morgan fingerprint density at radius 1 is 1.26 bits per heavy atom. The smallest absolute Gasteiger partial charge is 0.224 e. The molecule has 1 aliphatic heterocycles. The normalized spacial score (nSPS) is 16.7. The molecule has 1 saturated heterocycles. The van der Waals surface area contributed by atoms with Crippen molar-refractivity contribution in [3.8, 4) is 0 Å². The molecule has 5 nitrogen and oxygen atoms in total. The van der Waals surface area contributed by atoms with Crippen molar-refractivity contribution >= 4 is 23.2 Å². The first kappa shape index (κ1) is 17.5. The Balaban J connectivity index is 1.92. The Hall–Kier alpha value is -1.88. The minimum Gasteiger partial charge on any atom is -0.326 e. The first-order valence-electron chi connectivity index (χ1n) is 8.34. The summed E-state index contributed by atoms with van der Waals surface area (Å²) in [6.45, 7) is 7.66. The Kier molecular flexibility index (Phi) is 6.16. The number of aryl methyl sites for hydroxylation is 1. The standard InChI is InChI=1S/C18H27N3O2/c1-12-4-5-16(11-17(12)20-14(3)22)21-18(23)10-13(2)15-6-8-19-9-7-15/h4-5,11,13,15,19H,6-10H2,1-3H3,(H,20,22)(H,21,23). The van der Waals surface area contributed by atoms with Crippen LogP contribution < -0.4 is 16.0 Å². The van der Waals surface area contributed by atoms with Crippen LogP contribution in [0.3, 0.4) is 0 Å². The van der Waals surface area contributed by atoms with Crippen LogP contribution in [-0.4, -0.2) is 24.9 Å². The van der Waals surface area contributed by atoms with Gasteiger partial charge in [0, 0.05) is 24.7 Å². The lowest BCUT2D eigenvalue weighted by molar-refractivity contribution is -0.117. The Morgan fingerprint density at radius 2 is 1.96 bits per heavy atom. The van der Waals surface area contributed by atoms with Crippen LogP contribution in [0.15, 0.2) is 18.2 Å². The average Bonchev–Trinajstić information content (AvgIpc) is 2.51. The van der Waals surface area contributed by atoms with Crippen LogP contribution in [0.4, 0.5) is 11.4 Å². The molecule has 0 aliphatic carbocycles. The molecule has 3 N–H and O–H groups in total. The zero-order valence-electron chi connectivity index (χ0n) is 14.2. The van der Waals surface area contributed by atoms with Gasteiger partial charge in [-0.1, -0.05) is 13.0 Å². The number of rotatable bonds is 5. The van der Waals surface area contributed by atoms with Crippen molar-refractivity contribution in [2.45, 2.75) is 40.0 Å². The van der Waals surface area contributed by atoms with Gasteiger partial charge in [-0.15, -0.1) is 0 Å². The number of carbonyl (C=O) groups excluding carboxylic acids is 2. The summed E-state index contributed by atoms with van der Waals surface area (Å²) in [4.78, 5) is 23.5. The number of amides is 2. The predicted molar refractivity (Wildman–Crippen MR) is 93.5 cm³/mol. The molecule has 1 aromatic rings. The van der Waals surface area contributed by atoms with Crippen LogP contribution >= 0.6 is 0 Å². The molecule has 1 atom stereocenters. The molecule has 1 unspecified atom stereocenters. The van der Waals surface area contributed by atoms with Crippen molar-refractivity contribution < 1.29 is 9.59 Å². The second-order valence-corrected chi connectivity index (χ2v) is 6.53. The molecule has 5 heteroatoms. The highest BCUT2D eigenvalue weighted by molar-refractivity contribution is 5.94. The molecule has 0 bridgehead atoms. The maximum atomic E-state index is 12.3. The molecule has 0 radical (unpaired) electrons. The summed E-state index contributed by atoms with van der Waals surface area (Å²) in [7, 11) is 0. The molecule has 1 heterocycles. The zero-order valence-corrected chi connectivity index (χ0v) is 14.2. The second-order valence-electron chi connectivity index (χ2n) is 6.53. The summed E-state index contributed by atoms with van der Waals surface area (Å²) < 4.78 is 0. The fraction of sp³-hybridized carbons (Fsp3) is 0.556. The summed E-state index contributed by atoms with van der Waals surface area (Å²) in [6, 6.07) is 5.58. The van der Waals surface area contributed by atoms with E-state index in [2.05, 4.69) is 22.9 Å². The van der Waals surface area contributed by atoms with E-state index in [1.165, 1.54) is 6.92 Å². The van der Waals surface area contributed by atoms with E-state index in [0.29, 0.717) is 18.3 Å². The van der Waals surface area contributed by atoms with Crippen LogP contribution in [0.2, 0.25) is 0 Å². The molecule has 1 aliphatic rings. The molecular weight excluding hydrogens is 290 g/mol. The van der Waals surface area contributed by atoms with E-state index in [-0.39, 0.29) is 11.8 Å². The van der Waals surface area contributed by atoms with Crippen molar-refractivity contribution in [1.29, 1.82) is 0 Å². The molecule has 1 fully saturated rings. The van der Waals surface area contributed by atoms with Gasteiger partial charge in [0.05, 0.1) is 0 Å². The quantitative estimate of drug-likeness (QED) is 0.782. The van der Waals surface area contributed by atoms with Crippen LogP contribution in [0.1, 0.15) is 38.7 Å². The predicted octanol–water partition coefficient (Wildman–Crippen LogP) is 2.92. The number of nitrogens with one attached hydrogen (secondary N) is 3. The molecule has 126 valence electrons. The second kappa shape index (κ2) is 8.11. The van der Waals surface area contributed by atoms with Gasteiger partial charge in [-0.3, -0.25) is 9.59 Å². The molecular formula is C18H27N3O2. The topological polar surface area (TPSA) is 70.2 Å². The molecule has 0 aromatic heterocycles. The summed E-state index contributed by atoms with van der Waals surface area (Å²) >= 11 is 0. The van der Waals surface area contributed by atoms with Crippen LogP contribution in [0.5, 0.6) is 0 Å². The molecule has 1 aromatic carbocycles. The Bertz CT molecular complexity index is 565. The number of piperidine rings is 1. The highest BCUT2D eigenvalue weighted by atomic mass is 16.2. The molecule has 2 rings (SSSR count). The highest BCUT2D eigenvalue weighted by Crippen LogP contribution is 2.25. The van der Waals surface area contributed by atoms with Gasteiger partial charge in [0.1, 0.15) is 0 Å². The number of anilines is 2. The fourth-order valence-corrected chi connectivity index (χ4v) is 3.11. The maximum absolute atomic E-state index is 12.3. The van der Waals surface area contributed by atoms with Crippen LogP contribution in [0, 0.1) is 18.8 Å². The van der Waals surface area contributed by atoms with Crippen molar-refractivity contribution in [1.82, 2.24) is 5.32 Å². The lowest BCUT2D eigenvalue weighted by Crippen LogP contribution is -2.32. The van der Waals surface area contributed by atoms with Gasteiger partial charge in [-0.05, 0) is 62.4 Å². The molecule has 2 amide bonds. The molecule has 0 spiro atoms. The van der Waals surface area contributed by atoms with Crippen molar-refractivity contribution in [3.63, 3.8) is 0 Å². The maximum Gasteiger partial charge on any atom is 0.224 e. The summed E-state index contributed by atoms with van der Waals surface area (Å²) in [5, 5.41) is 9.08. The van der Waals surface area contributed by atoms with E-state index < -0.39 is 0 Å². The average molecular weight is 317 g/mol. The number of benzene rings is 1. The van der Waals surface area contributed by atoms with Gasteiger partial charge in [-0.2, -0.15) is 0 Å². The van der Waals surface area contributed by atoms with E-state index in [9.17, 15) is 9.59 Å². The first-order chi connectivity index (χ1) is 11.0. The summed E-state index contributed by atoms with van der Waals surface area (Å²) in [5.74, 6) is 0.928. The minimum absolute atomic E-state index is 0.0358. The van der Waals surface area contributed by atoms with E-state index in [4.69, 9.17) is 0 Å². The van der Waals surface area contributed by atoms with Crippen molar-refractivity contribution in [3.05, 3.63) is 23.8 Å². The van der Waals surface area contributed by atoms with Crippen LogP contribution in [-0.2, 0) is 9.59 Å². The monoisotopic (exact) mass is 317 g/mol. The van der Waals surface area contributed by atoms with E-state index in [1.54, 1.807) is 0 Å². The van der Waals surface area contributed by atoms with E-state index in [1.807, 2.05) is 25.1 Å². The Morgan fingerprint density at radius 3 is 2.61 bits per heavy atom. The van der Waals surface area contributed by atoms with E-state index >= 15 is 0 Å². The lowest BCUT2D eigenvalue weighted by Gasteiger charge is -2.27.